The average Bonchev–Trinajstić information content (AvgIpc) is 3.23. The smallest absolute Gasteiger partial charge is 0.444 e. The van der Waals surface area contributed by atoms with Crippen molar-refractivity contribution < 1.29 is 37.0 Å². The number of halogens is 3. The maximum atomic E-state index is 12.9. The fraction of sp³-hybridized carbons (Fsp3) is 0.583. The Bertz CT molecular complexity index is 824. The molecule has 0 saturated carbocycles. The maximum absolute atomic E-state index is 12.9. The molecule has 1 aromatic carbocycles. The molecular formula is C24H33F3N2O5. The molecule has 0 bridgehead atoms. The minimum Gasteiger partial charge on any atom is -0.444 e. The van der Waals surface area contributed by atoms with Crippen molar-refractivity contribution in [2.75, 3.05) is 13.3 Å². The number of rotatable bonds is 9. The van der Waals surface area contributed by atoms with Crippen molar-refractivity contribution in [2.24, 2.45) is 0 Å². The number of likely N-dealkylation sites (tertiary alicyclic amines) is 1. The van der Waals surface area contributed by atoms with Gasteiger partial charge in [0.05, 0.1) is 24.8 Å². The lowest BCUT2D eigenvalue weighted by atomic mass is 10.0. The highest BCUT2D eigenvalue weighted by atomic mass is 19.4. The first kappa shape index (κ1) is 27.7. The van der Waals surface area contributed by atoms with Crippen LogP contribution >= 0.6 is 0 Å². The van der Waals surface area contributed by atoms with Crippen molar-refractivity contribution >= 4 is 12.0 Å². The molecule has 1 fully saturated rings. The lowest BCUT2D eigenvalue weighted by molar-refractivity contribution is -0.174. The van der Waals surface area contributed by atoms with Crippen LogP contribution in [0.1, 0.15) is 46.1 Å². The first-order valence-electron chi connectivity index (χ1n) is 11.2. The van der Waals surface area contributed by atoms with Crippen LogP contribution in [-0.2, 0) is 25.6 Å². The summed E-state index contributed by atoms with van der Waals surface area (Å²) >= 11 is 0. The van der Waals surface area contributed by atoms with E-state index in [0.717, 1.165) is 5.56 Å². The summed E-state index contributed by atoms with van der Waals surface area (Å²) in [6.07, 6.45) is -2.21. The monoisotopic (exact) mass is 486 g/mol. The topological polar surface area (TPSA) is 77.1 Å². The van der Waals surface area contributed by atoms with Crippen molar-refractivity contribution in [1.29, 1.82) is 0 Å². The quantitative estimate of drug-likeness (QED) is 0.314. The average molecular weight is 487 g/mol. The fourth-order valence-electron chi connectivity index (χ4n) is 3.44. The molecule has 0 aromatic heterocycles. The van der Waals surface area contributed by atoms with E-state index < -0.39 is 42.0 Å². The third kappa shape index (κ3) is 9.34. The molecule has 0 spiro atoms. The number of benzene rings is 1. The van der Waals surface area contributed by atoms with Crippen molar-refractivity contribution in [3.8, 4) is 0 Å². The van der Waals surface area contributed by atoms with Crippen LogP contribution in [0, 0.1) is 0 Å². The molecule has 1 N–H and O–H groups in total. The molecule has 3 atom stereocenters. The van der Waals surface area contributed by atoms with Gasteiger partial charge in [-0.3, -0.25) is 4.79 Å². The summed E-state index contributed by atoms with van der Waals surface area (Å²) in [5.41, 5.74) is 0.222. The number of hydrogen-bond acceptors (Lipinski definition) is 5. The lowest BCUT2D eigenvalue weighted by Gasteiger charge is -2.32. The normalized spacial score (nSPS) is 18.7. The van der Waals surface area contributed by atoms with E-state index in [-0.39, 0.29) is 6.79 Å². The van der Waals surface area contributed by atoms with Gasteiger partial charge in [-0.05, 0) is 46.1 Å². The Morgan fingerprint density at radius 2 is 1.85 bits per heavy atom. The van der Waals surface area contributed by atoms with Gasteiger partial charge in [0.15, 0.2) is 0 Å². The molecule has 34 heavy (non-hydrogen) atoms. The molecule has 0 radical (unpaired) electrons. The second-order valence-corrected chi connectivity index (χ2v) is 9.09. The molecule has 190 valence electrons. The van der Waals surface area contributed by atoms with E-state index in [0.29, 0.717) is 26.0 Å². The molecule has 10 heteroatoms. The molecule has 1 aromatic rings. The molecule has 2 rings (SSSR count). The van der Waals surface area contributed by atoms with Crippen molar-refractivity contribution in [1.82, 2.24) is 10.2 Å². The predicted molar refractivity (Wildman–Crippen MR) is 120 cm³/mol. The number of alkyl halides is 3. The van der Waals surface area contributed by atoms with Gasteiger partial charge < -0.3 is 24.4 Å². The zero-order chi connectivity index (χ0) is 25.4. The molecule has 7 nitrogen and oxygen atoms in total. The van der Waals surface area contributed by atoms with Gasteiger partial charge in [-0.15, -0.1) is 0 Å². The Kier molecular flexibility index (Phi) is 9.93. The third-order valence-electron chi connectivity index (χ3n) is 5.01. The second-order valence-electron chi connectivity index (χ2n) is 9.09. The van der Waals surface area contributed by atoms with Gasteiger partial charge in [0.25, 0.3) is 0 Å². The Labute approximate surface area is 198 Å². The van der Waals surface area contributed by atoms with Crippen LogP contribution in [-0.4, -0.2) is 60.2 Å². The van der Waals surface area contributed by atoms with E-state index in [9.17, 15) is 22.8 Å². The zero-order valence-electron chi connectivity index (χ0n) is 19.9. The number of ether oxygens (including phenoxy) is 3. The number of amides is 2. The molecule has 1 aliphatic heterocycles. The summed E-state index contributed by atoms with van der Waals surface area (Å²) < 4.78 is 55.2. The van der Waals surface area contributed by atoms with Crippen LogP contribution in [0.15, 0.2) is 42.5 Å². The van der Waals surface area contributed by atoms with E-state index in [1.54, 1.807) is 33.8 Å². The van der Waals surface area contributed by atoms with Gasteiger partial charge in [0.2, 0.25) is 0 Å². The fourth-order valence-corrected chi connectivity index (χ4v) is 3.44. The molecule has 1 aliphatic rings. The second kappa shape index (κ2) is 12.2. The summed E-state index contributed by atoms with van der Waals surface area (Å²) in [7, 11) is 0. The Morgan fingerprint density at radius 1 is 1.18 bits per heavy atom. The molecule has 0 aliphatic carbocycles. The van der Waals surface area contributed by atoms with Gasteiger partial charge in [-0.2, -0.15) is 13.2 Å². The maximum Gasteiger partial charge on any atom is 0.471 e. The summed E-state index contributed by atoms with van der Waals surface area (Å²) in [4.78, 5) is 25.6. The highest BCUT2D eigenvalue weighted by molar-refractivity contribution is 5.82. The predicted octanol–water partition coefficient (Wildman–Crippen LogP) is 4.57. The zero-order valence-corrected chi connectivity index (χ0v) is 19.9. The summed E-state index contributed by atoms with van der Waals surface area (Å²) in [6.45, 7) is 7.48. The van der Waals surface area contributed by atoms with E-state index in [1.165, 1.54) is 11.0 Å². The Balaban J connectivity index is 2.02. The van der Waals surface area contributed by atoms with E-state index in [4.69, 9.17) is 14.2 Å². The van der Waals surface area contributed by atoms with Gasteiger partial charge in [0, 0.05) is 6.54 Å². The van der Waals surface area contributed by atoms with Crippen LogP contribution in [0.2, 0.25) is 0 Å². The van der Waals surface area contributed by atoms with Crippen LogP contribution in [0.4, 0.5) is 18.0 Å². The SMILES string of the molecule is C[C@@H](/C=C/[C@H](NC(=O)C(F)(F)F)[C@@H]1CCCN1C(=O)OC(C)(C)C)OCOCc1ccccc1. The minimum atomic E-state index is -5.05. The van der Waals surface area contributed by atoms with E-state index >= 15 is 0 Å². The number of hydrogen-bond donors (Lipinski definition) is 1. The first-order valence-corrected chi connectivity index (χ1v) is 11.2. The van der Waals surface area contributed by atoms with Gasteiger partial charge in [-0.25, -0.2) is 4.79 Å². The van der Waals surface area contributed by atoms with E-state index in [1.807, 2.05) is 35.6 Å². The number of carbonyl (C=O) groups excluding carboxylic acids is 2. The highest BCUT2D eigenvalue weighted by Crippen LogP contribution is 2.25. The van der Waals surface area contributed by atoms with Crippen LogP contribution in [0.5, 0.6) is 0 Å². The number of carbonyl (C=O) groups is 2. The summed E-state index contributed by atoms with van der Waals surface area (Å²) in [5, 5.41) is 2.00. The van der Waals surface area contributed by atoms with Crippen LogP contribution in [0.25, 0.3) is 0 Å². The first-order chi connectivity index (χ1) is 15.9. The van der Waals surface area contributed by atoms with Crippen LogP contribution in [0.3, 0.4) is 0 Å². The van der Waals surface area contributed by atoms with Crippen molar-refractivity contribution in [3.63, 3.8) is 0 Å². The molecular weight excluding hydrogens is 453 g/mol. The number of nitrogens with one attached hydrogen (secondary N) is 1. The lowest BCUT2D eigenvalue weighted by Crippen LogP contribution is -2.53. The minimum absolute atomic E-state index is 0.0204. The highest BCUT2D eigenvalue weighted by Gasteiger charge is 2.43. The Morgan fingerprint density at radius 3 is 2.47 bits per heavy atom. The number of nitrogens with zero attached hydrogens (tertiary/aromatic N) is 1. The van der Waals surface area contributed by atoms with Crippen molar-refractivity contribution in [2.45, 2.75) is 77.1 Å². The molecule has 1 heterocycles. The summed E-state index contributed by atoms with van der Waals surface area (Å²) in [5.74, 6) is -2.07. The van der Waals surface area contributed by atoms with Crippen molar-refractivity contribution in [3.05, 3.63) is 48.0 Å². The standard InChI is InChI=1S/C24H33F3N2O5/c1-17(33-16-32-15-18-9-6-5-7-10-18)12-13-19(28-21(30)24(25,26)27)20-11-8-14-29(20)22(31)34-23(2,3)4/h5-7,9-10,12-13,17,19-20H,8,11,14-16H2,1-4H3,(H,28,30)/b13-12+/t17-,19-,20-/m0/s1. The van der Waals surface area contributed by atoms with Gasteiger partial charge >= 0.3 is 18.2 Å². The van der Waals surface area contributed by atoms with Gasteiger partial charge in [0.1, 0.15) is 12.4 Å². The van der Waals surface area contributed by atoms with E-state index in [2.05, 4.69) is 0 Å². The molecule has 2 amide bonds. The molecule has 1 saturated heterocycles. The molecule has 0 unspecified atom stereocenters. The van der Waals surface area contributed by atoms with Crippen LogP contribution < -0.4 is 5.32 Å². The Hall–Kier alpha value is -2.59. The third-order valence-corrected chi connectivity index (χ3v) is 5.01. The van der Waals surface area contributed by atoms with Gasteiger partial charge in [-0.1, -0.05) is 42.5 Å². The summed E-state index contributed by atoms with van der Waals surface area (Å²) in [6, 6.07) is 7.76. The largest absolute Gasteiger partial charge is 0.471 e.